The quantitative estimate of drug-likeness (QED) is 0.651. The van der Waals surface area contributed by atoms with E-state index in [1.807, 2.05) is 6.92 Å². The monoisotopic (exact) mass is 363 g/mol. The molecule has 0 saturated heterocycles. The number of carbonyl (C=O) groups excluding carboxylic acids is 2. The van der Waals surface area contributed by atoms with Gasteiger partial charge in [-0.2, -0.15) is 0 Å². The summed E-state index contributed by atoms with van der Waals surface area (Å²) in [5.41, 5.74) is 6.21. The molecule has 126 valence electrons. The van der Waals surface area contributed by atoms with Crippen molar-refractivity contribution >= 4 is 45.7 Å². The number of carbonyl (C=O) groups is 2. The van der Waals surface area contributed by atoms with Crippen LogP contribution in [0.15, 0.2) is 28.6 Å². The molecular formula is C15H17N5O2S2. The Bertz CT molecular complexity index is 743. The highest BCUT2D eigenvalue weighted by atomic mass is 32.2. The van der Waals surface area contributed by atoms with Gasteiger partial charge < -0.3 is 16.4 Å². The zero-order valence-corrected chi connectivity index (χ0v) is 14.6. The number of thioether (sulfide) groups is 1. The summed E-state index contributed by atoms with van der Waals surface area (Å²) in [7, 11) is 0. The van der Waals surface area contributed by atoms with Gasteiger partial charge in [-0.15, -0.1) is 10.2 Å². The minimum absolute atomic E-state index is 0.140. The summed E-state index contributed by atoms with van der Waals surface area (Å²) < 4.78 is 0.755. The normalized spacial score (nSPS) is 14.9. The molecule has 1 atom stereocenters. The van der Waals surface area contributed by atoms with Gasteiger partial charge in [0.15, 0.2) is 4.34 Å². The smallest absolute Gasteiger partial charge is 0.248 e. The minimum atomic E-state index is -0.497. The van der Waals surface area contributed by atoms with Gasteiger partial charge in [0.05, 0.1) is 5.25 Å². The molecule has 0 bridgehead atoms. The van der Waals surface area contributed by atoms with Gasteiger partial charge in [0.1, 0.15) is 0 Å². The number of nitrogens with one attached hydrogen (secondary N) is 2. The molecule has 2 amide bonds. The van der Waals surface area contributed by atoms with E-state index in [0.717, 1.165) is 9.47 Å². The molecule has 9 heteroatoms. The van der Waals surface area contributed by atoms with Crippen molar-refractivity contribution in [2.45, 2.75) is 35.4 Å². The van der Waals surface area contributed by atoms with Crippen molar-refractivity contribution in [2.75, 3.05) is 10.6 Å². The summed E-state index contributed by atoms with van der Waals surface area (Å²) >= 11 is 2.82. The molecule has 1 aliphatic rings. The predicted molar refractivity (Wildman–Crippen MR) is 95.5 cm³/mol. The van der Waals surface area contributed by atoms with Crippen molar-refractivity contribution < 1.29 is 9.59 Å². The summed E-state index contributed by atoms with van der Waals surface area (Å²) in [5, 5.41) is 14.8. The number of primary amides is 1. The second-order valence-electron chi connectivity index (χ2n) is 5.48. The fraction of sp³-hybridized carbons (Fsp3) is 0.333. The van der Waals surface area contributed by atoms with E-state index in [0.29, 0.717) is 17.3 Å². The number of benzene rings is 1. The fourth-order valence-electron chi connectivity index (χ4n) is 1.88. The lowest BCUT2D eigenvalue weighted by Gasteiger charge is -2.10. The average molecular weight is 363 g/mol. The maximum Gasteiger partial charge on any atom is 0.248 e. The van der Waals surface area contributed by atoms with Gasteiger partial charge in [0, 0.05) is 17.3 Å². The van der Waals surface area contributed by atoms with Gasteiger partial charge >= 0.3 is 0 Å². The van der Waals surface area contributed by atoms with Crippen molar-refractivity contribution in [3.05, 3.63) is 29.8 Å². The van der Waals surface area contributed by atoms with Crippen molar-refractivity contribution in [3.8, 4) is 0 Å². The van der Waals surface area contributed by atoms with Crippen LogP contribution in [0.2, 0.25) is 0 Å². The number of amides is 2. The van der Waals surface area contributed by atoms with Crippen LogP contribution in [0, 0.1) is 0 Å². The second kappa shape index (κ2) is 7.18. The Balaban J connectivity index is 1.53. The van der Waals surface area contributed by atoms with Crippen LogP contribution in [0.4, 0.5) is 10.8 Å². The van der Waals surface area contributed by atoms with E-state index in [-0.39, 0.29) is 11.2 Å². The number of anilines is 2. The summed E-state index contributed by atoms with van der Waals surface area (Å²) in [4.78, 5) is 23.3. The van der Waals surface area contributed by atoms with Gasteiger partial charge in [0.25, 0.3) is 0 Å². The minimum Gasteiger partial charge on any atom is -0.366 e. The fourth-order valence-corrected chi connectivity index (χ4v) is 3.86. The Morgan fingerprint density at radius 1 is 1.29 bits per heavy atom. The predicted octanol–water partition coefficient (Wildman–Crippen LogP) is 2.33. The molecule has 1 heterocycles. The lowest BCUT2D eigenvalue weighted by molar-refractivity contribution is -0.115. The molecule has 24 heavy (non-hydrogen) atoms. The Morgan fingerprint density at radius 2 is 2.00 bits per heavy atom. The average Bonchev–Trinajstić information content (AvgIpc) is 3.26. The highest BCUT2D eigenvalue weighted by Gasteiger charge is 2.23. The van der Waals surface area contributed by atoms with E-state index in [9.17, 15) is 9.59 Å². The molecule has 4 N–H and O–H groups in total. The molecule has 1 aliphatic carbocycles. The largest absolute Gasteiger partial charge is 0.366 e. The molecule has 0 spiro atoms. The first-order chi connectivity index (χ1) is 11.5. The van der Waals surface area contributed by atoms with Gasteiger partial charge in [-0.05, 0) is 44.0 Å². The number of hydrogen-bond donors (Lipinski definition) is 3. The van der Waals surface area contributed by atoms with E-state index in [4.69, 9.17) is 5.73 Å². The summed E-state index contributed by atoms with van der Waals surface area (Å²) in [6.45, 7) is 1.81. The van der Waals surface area contributed by atoms with Crippen LogP contribution < -0.4 is 16.4 Å². The summed E-state index contributed by atoms with van der Waals surface area (Å²) in [6.07, 6.45) is 2.35. The first kappa shape index (κ1) is 16.7. The van der Waals surface area contributed by atoms with Crippen LogP contribution in [0.25, 0.3) is 0 Å². The zero-order valence-electron chi connectivity index (χ0n) is 13.0. The first-order valence-corrected chi connectivity index (χ1v) is 9.18. The third-order valence-electron chi connectivity index (χ3n) is 3.40. The maximum absolute atomic E-state index is 12.2. The number of nitrogens with zero attached hydrogens (tertiary/aromatic N) is 2. The SMILES string of the molecule is CC(Sc1nnc(NC2CC2)s1)C(=O)Nc1ccc(C(N)=O)cc1. The molecule has 1 aromatic carbocycles. The van der Waals surface area contributed by atoms with E-state index in [1.54, 1.807) is 24.3 Å². The van der Waals surface area contributed by atoms with E-state index in [1.165, 1.54) is 35.9 Å². The van der Waals surface area contributed by atoms with Crippen LogP contribution >= 0.6 is 23.1 Å². The van der Waals surface area contributed by atoms with Crippen LogP contribution in [-0.4, -0.2) is 33.3 Å². The Labute approximate surface area is 147 Å². The van der Waals surface area contributed by atoms with Gasteiger partial charge in [-0.1, -0.05) is 23.1 Å². The van der Waals surface area contributed by atoms with Crippen LogP contribution in [0.5, 0.6) is 0 Å². The van der Waals surface area contributed by atoms with Crippen molar-refractivity contribution in [1.29, 1.82) is 0 Å². The number of nitrogens with two attached hydrogens (primary N) is 1. The maximum atomic E-state index is 12.2. The van der Waals surface area contributed by atoms with Crippen molar-refractivity contribution in [1.82, 2.24) is 10.2 Å². The molecule has 0 aliphatic heterocycles. The molecule has 1 saturated carbocycles. The molecule has 7 nitrogen and oxygen atoms in total. The highest BCUT2D eigenvalue weighted by molar-refractivity contribution is 8.02. The molecule has 0 radical (unpaired) electrons. The van der Waals surface area contributed by atoms with Crippen LogP contribution in [0.3, 0.4) is 0 Å². The summed E-state index contributed by atoms with van der Waals surface area (Å²) in [5.74, 6) is -0.637. The zero-order chi connectivity index (χ0) is 17.1. The van der Waals surface area contributed by atoms with Crippen LogP contribution in [-0.2, 0) is 4.79 Å². The van der Waals surface area contributed by atoms with E-state index in [2.05, 4.69) is 20.8 Å². The standard InChI is InChI=1S/C15H17N5O2S2/c1-8(23-15-20-19-14(24-15)18-11-6-7-11)13(22)17-10-4-2-9(3-5-10)12(16)21/h2-5,8,11H,6-7H2,1H3,(H2,16,21)(H,17,22)(H,18,19). The van der Waals surface area contributed by atoms with Crippen LogP contribution in [0.1, 0.15) is 30.1 Å². The van der Waals surface area contributed by atoms with Gasteiger partial charge in [0.2, 0.25) is 16.9 Å². The number of aromatic nitrogens is 2. The molecule has 2 aromatic rings. The van der Waals surface area contributed by atoms with E-state index >= 15 is 0 Å². The summed E-state index contributed by atoms with van der Waals surface area (Å²) in [6, 6.07) is 6.99. The second-order valence-corrected chi connectivity index (χ2v) is 8.05. The Hall–Kier alpha value is -2.13. The molecule has 1 fully saturated rings. The molecule has 1 unspecified atom stereocenters. The lowest BCUT2D eigenvalue weighted by Crippen LogP contribution is -2.22. The third kappa shape index (κ3) is 4.45. The highest BCUT2D eigenvalue weighted by Crippen LogP contribution is 2.32. The Kier molecular flexibility index (Phi) is 5.00. The first-order valence-electron chi connectivity index (χ1n) is 7.48. The third-order valence-corrected chi connectivity index (χ3v) is 5.43. The van der Waals surface area contributed by atoms with E-state index < -0.39 is 5.91 Å². The molecule has 3 rings (SSSR count). The number of rotatable bonds is 7. The number of hydrogen-bond acceptors (Lipinski definition) is 7. The van der Waals surface area contributed by atoms with Gasteiger partial charge in [-0.25, -0.2) is 0 Å². The Morgan fingerprint density at radius 3 is 2.62 bits per heavy atom. The molecule has 1 aromatic heterocycles. The van der Waals surface area contributed by atoms with Crippen molar-refractivity contribution in [3.63, 3.8) is 0 Å². The lowest BCUT2D eigenvalue weighted by atomic mass is 10.2. The molecular weight excluding hydrogens is 346 g/mol. The van der Waals surface area contributed by atoms with Gasteiger partial charge in [-0.3, -0.25) is 9.59 Å². The topological polar surface area (TPSA) is 110 Å². The van der Waals surface area contributed by atoms with Crippen molar-refractivity contribution in [2.24, 2.45) is 5.73 Å².